The maximum atomic E-state index is 12.9. The molecular formula is C22H14FNO4. The van der Waals surface area contributed by atoms with Crippen LogP contribution in [0.4, 0.5) is 10.1 Å². The first-order valence-corrected chi connectivity index (χ1v) is 8.54. The average molecular weight is 375 g/mol. The second-order valence-electron chi connectivity index (χ2n) is 6.24. The van der Waals surface area contributed by atoms with Crippen molar-refractivity contribution in [2.45, 2.75) is 6.61 Å². The summed E-state index contributed by atoms with van der Waals surface area (Å²) in [6.07, 6.45) is 0. The zero-order valence-electron chi connectivity index (χ0n) is 14.6. The number of esters is 1. The molecule has 0 radical (unpaired) electrons. The van der Waals surface area contributed by atoms with Gasteiger partial charge in [0.25, 0.3) is 11.8 Å². The van der Waals surface area contributed by atoms with Crippen LogP contribution in [0, 0.1) is 5.82 Å². The van der Waals surface area contributed by atoms with Crippen molar-refractivity contribution in [1.29, 1.82) is 0 Å². The highest BCUT2D eigenvalue weighted by molar-refractivity contribution is 6.34. The number of fused-ring (bicyclic) bond motifs is 1. The largest absolute Gasteiger partial charge is 0.457 e. The number of hydrogen-bond donors (Lipinski definition) is 0. The van der Waals surface area contributed by atoms with Gasteiger partial charge in [-0.2, -0.15) is 0 Å². The molecule has 0 fully saturated rings. The first-order chi connectivity index (χ1) is 13.5. The standard InChI is InChI=1S/C22H14FNO4/c23-16-10-8-14(9-11-16)13-28-22(27)15-4-3-5-17(12-15)24-20(25)18-6-1-2-7-19(18)21(24)26/h1-12H,13H2. The van der Waals surface area contributed by atoms with E-state index in [0.29, 0.717) is 22.4 Å². The molecule has 0 N–H and O–H groups in total. The normalized spacial score (nSPS) is 12.8. The Bertz CT molecular complexity index is 1060. The van der Waals surface area contributed by atoms with Gasteiger partial charge in [0.1, 0.15) is 12.4 Å². The lowest BCUT2D eigenvalue weighted by Crippen LogP contribution is -2.29. The van der Waals surface area contributed by atoms with Crippen molar-refractivity contribution < 1.29 is 23.5 Å². The van der Waals surface area contributed by atoms with Crippen LogP contribution in [0.2, 0.25) is 0 Å². The van der Waals surface area contributed by atoms with Crippen LogP contribution in [0.15, 0.2) is 72.8 Å². The molecular weight excluding hydrogens is 361 g/mol. The number of halogens is 1. The molecule has 2 amide bonds. The van der Waals surface area contributed by atoms with E-state index in [9.17, 15) is 18.8 Å². The van der Waals surface area contributed by atoms with Crippen LogP contribution in [0.5, 0.6) is 0 Å². The monoisotopic (exact) mass is 375 g/mol. The number of amides is 2. The zero-order valence-corrected chi connectivity index (χ0v) is 14.6. The molecule has 0 saturated heterocycles. The van der Waals surface area contributed by atoms with Crippen molar-refractivity contribution >= 4 is 23.5 Å². The van der Waals surface area contributed by atoms with E-state index in [1.165, 1.54) is 36.4 Å². The van der Waals surface area contributed by atoms with Gasteiger partial charge in [0.05, 0.1) is 22.4 Å². The summed E-state index contributed by atoms with van der Waals surface area (Å²) in [5.74, 6) is -1.85. The summed E-state index contributed by atoms with van der Waals surface area (Å²) in [7, 11) is 0. The Morgan fingerprint density at radius 2 is 1.50 bits per heavy atom. The zero-order chi connectivity index (χ0) is 19.7. The Morgan fingerprint density at radius 3 is 2.14 bits per heavy atom. The number of imide groups is 1. The maximum Gasteiger partial charge on any atom is 0.338 e. The van der Waals surface area contributed by atoms with Crippen LogP contribution in [0.3, 0.4) is 0 Å². The van der Waals surface area contributed by atoms with Gasteiger partial charge in [-0.15, -0.1) is 0 Å². The van der Waals surface area contributed by atoms with Crippen molar-refractivity contribution in [2.75, 3.05) is 4.90 Å². The van der Waals surface area contributed by atoms with Gasteiger partial charge in [0, 0.05) is 0 Å². The predicted molar refractivity (Wildman–Crippen MR) is 99.5 cm³/mol. The summed E-state index contributed by atoms with van der Waals surface area (Å²) in [5.41, 5.74) is 1.80. The quantitative estimate of drug-likeness (QED) is 0.511. The second kappa shape index (κ2) is 7.08. The fourth-order valence-electron chi connectivity index (χ4n) is 3.01. The van der Waals surface area contributed by atoms with E-state index in [2.05, 4.69) is 0 Å². The van der Waals surface area contributed by atoms with Crippen LogP contribution in [-0.2, 0) is 11.3 Å². The highest BCUT2D eigenvalue weighted by atomic mass is 19.1. The number of anilines is 1. The molecule has 0 atom stereocenters. The molecule has 3 aromatic carbocycles. The van der Waals surface area contributed by atoms with E-state index < -0.39 is 17.8 Å². The minimum atomic E-state index is -0.609. The third-order valence-electron chi connectivity index (χ3n) is 4.42. The Kier molecular flexibility index (Phi) is 4.45. The van der Waals surface area contributed by atoms with Crippen molar-refractivity contribution in [3.05, 3.63) is 101 Å². The van der Waals surface area contributed by atoms with Gasteiger partial charge in [-0.25, -0.2) is 14.1 Å². The van der Waals surface area contributed by atoms with Crippen LogP contribution in [0.1, 0.15) is 36.6 Å². The van der Waals surface area contributed by atoms with Crippen LogP contribution in [0.25, 0.3) is 0 Å². The molecule has 0 spiro atoms. The molecule has 1 aliphatic heterocycles. The summed E-state index contributed by atoms with van der Waals surface area (Å²) >= 11 is 0. The summed E-state index contributed by atoms with van der Waals surface area (Å²) < 4.78 is 18.2. The Labute approximate surface area is 160 Å². The molecule has 138 valence electrons. The maximum absolute atomic E-state index is 12.9. The van der Waals surface area contributed by atoms with Gasteiger partial charge in [-0.05, 0) is 48.0 Å². The number of benzene rings is 3. The van der Waals surface area contributed by atoms with E-state index in [1.807, 2.05) is 0 Å². The minimum Gasteiger partial charge on any atom is -0.457 e. The predicted octanol–water partition coefficient (Wildman–Crippen LogP) is 3.98. The smallest absolute Gasteiger partial charge is 0.338 e. The fourth-order valence-corrected chi connectivity index (χ4v) is 3.01. The van der Waals surface area contributed by atoms with Crippen molar-refractivity contribution in [3.63, 3.8) is 0 Å². The van der Waals surface area contributed by atoms with Gasteiger partial charge in [-0.3, -0.25) is 9.59 Å². The fraction of sp³-hybridized carbons (Fsp3) is 0.0455. The van der Waals surface area contributed by atoms with Gasteiger partial charge in [0.15, 0.2) is 0 Å². The number of hydrogen-bond acceptors (Lipinski definition) is 4. The number of carbonyl (C=O) groups excluding carboxylic acids is 3. The summed E-state index contributed by atoms with van der Waals surface area (Å²) in [5, 5.41) is 0. The molecule has 0 aliphatic carbocycles. The molecule has 6 heteroatoms. The summed E-state index contributed by atoms with van der Waals surface area (Å²) in [6.45, 7) is -0.0175. The molecule has 0 bridgehead atoms. The van der Waals surface area contributed by atoms with E-state index >= 15 is 0 Å². The minimum absolute atomic E-state index is 0.0175. The van der Waals surface area contributed by atoms with Gasteiger partial charge < -0.3 is 4.74 Å². The van der Waals surface area contributed by atoms with Crippen LogP contribution < -0.4 is 4.90 Å². The average Bonchev–Trinajstić information content (AvgIpc) is 2.98. The molecule has 4 rings (SSSR count). The van der Waals surface area contributed by atoms with E-state index in [0.717, 1.165) is 4.90 Å². The Morgan fingerprint density at radius 1 is 0.857 bits per heavy atom. The molecule has 28 heavy (non-hydrogen) atoms. The Hall–Kier alpha value is -3.80. The van der Waals surface area contributed by atoms with Gasteiger partial charge >= 0.3 is 5.97 Å². The summed E-state index contributed by atoms with van der Waals surface area (Å²) in [6, 6.07) is 18.3. The lowest BCUT2D eigenvalue weighted by molar-refractivity contribution is 0.0472. The third-order valence-corrected chi connectivity index (χ3v) is 4.42. The van der Waals surface area contributed by atoms with Crippen LogP contribution in [-0.4, -0.2) is 17.8 Å². The highest BCUT2D eigenvalue weighted by Crippen LogP contribution is 2.28. The highest BCUT2D eigenvalue weighted by Gasteiger charge is 2.36. The molecule has 1 heterocycles. The van der Waals surface area contributed by atoms with E-state index in [-0.39, 0.29) is 18.0 Å². The van der Waals surface area contributed by atoms with Crippen LogP contribution >= 0.6 is 0 Å². The van der Waals surface area contributed by atoms with E-state index in [1.54, 1.807) is 36.4 Å². The van der Waals surface area contributed by atoms with Crippen molar-refractivity contribution in [3.8, 4) is 0 Å². The SMILES string of the molecule is O=C(OCc1ccc(F)cc1)c1cccc(N2C(=O)c3ccccc3C2=O)c1. The number of rotatable bonds is 4. The van der Waals surface area contributed by atoms with Gasteiger partial charge in [0.2, 0.25) is 0 Å². The Balaban J connectivity index is 1.53. The first-order valence-electron chi connectivity index (χ1n) is 8.54. The molecule has 0 unspecified atom stereocenters. The van der Waals surface area contributed by atoms with Crippen molar-refractivity contribution in [1.82, 2.24) is 0 Å². The number of ether oxygens (including phenoxy) is 1. The molecule has 3 aromatic rings. The summed E-state index contributed by atoms with van der Waals surface area (Å²) in [4.78, 5) is 38.6. The lowest BCUT2D eigenvalue weighted by Gasteiger charge is -2.15. The second-order valence-corrected chi connectivity index (χ2v) is 6.24. The number of carbonyl (C=O) groups is 3. The van der Waals surface area contributed by atoms with Gasteiger partial charge in [-0.1, -0.05) is 30.3 Å². The lowest BCUT2D eigenvalue weighted by atomic mass is 10.1. The molecule has 0 aromatic heterocycles. The molecule has 5 nitrogen and oxygen atoms in total. The topological polar surface area (TPSA) is 63.7 Å². The van der Waals surface area contributed by atoms with Crippen molar-refractivity contribution in [2.24, 2.45) is 0 Å². The number of nitrogens with zero attached hydrogens (tertiary/aromatic N) is 1. The third kappa shape index (κ3) is 3.16. The molecule has 1 aliphatic rings. The first kappa shape index (κ1) is 17.6. The molecule has 0 saturated carbocycles. The van der Waals surface area contributed by atoms with E-state index in [4.69, 9.17) is 4.74 Å².